The summed E-state index contributed by atoms with van der Waals surface area (Å²) in [5.74, 6) is 0. The predicted octanol–water partition coefficient (Wildman–Crippen LogP) is -6.92. The molecule has 0 aromatic rings. The fraction of sp³-hybridized carbons (Fsp3) is 1.00. The van der Waals surface area contributed by atoms with Crippen molar-refractivity contribution < 1.29 is 32.8 Å². The molecule has 5 heteroatoms. The third-order valence-corrected chi connectivity index (χ3v) is 0. The van der Waals surface area contributed by atoms with Gasteiger partial charge in [0.1, 0.15) is 0 Å². The second kappa shape index (κ2) is 60.7. The van der Waals surface area contributed by atoms with Gasteiger partial charge in [0, 0.05) is 7.11 Å². The number of hydrogen-bond donors (Lipinski definition) is 1. The van der Waals surface area contributed by atoms with Crippen molar-refractivity contribution >= 4 is 46.1 Å². The van der Waals surface area contributed by atoms with Gasteiger partial charge >= 0.3 is 46.1 Å². The van der Waals surface area contributed by atoms with E-state index in [1.807, 2.05) is 0 Å². The van der Waals surface area contributed by atoms with Crippen LogP contribution in [0.4, 0.5) is 0 Å². The van der Waals surface area contributed by atoms with Crippen molar-refractivity contribution in [2.45, 2.75) is 0 Å². The third kappa shape index (κ3) is 36.4. The quantitative estimate of drug-likeness (QED) is 0.343. The van der Waals surface area contributed by atoms with Crippen LogP contribution in [0.25, 0.3) is 0 Å². The van der Waals surface area contributed by atoms with Gasteiger partial charge in [0.05, 0.1) is 0 Å². The molecule has 0 radical (unpaired) electrons. The van der Waals surface area contributed by atoms with E-state index >= 15 is 0 Å². The molecule has 0 aromatic carbocycles. The van der Waals surface area contributed by atoms with E-state index in [9.17, 15) is 0 Å². The van der Waals surface area contributed by atoms with Crippen molar-refractivity contribution in [1.82, 2.24) is 0 Å². The van der Waals surface area contributed by atoms with Crippen LogP contribution in [0, 0.1) is 0 Å². The smallest absolute Gasteiger partial charge is 1.00 e. The fourth-order valence-electron chi connectivity index (χ4n) is 0. The van der Waals surface area contributed by atoms with Crippen molar-refractivity contribution in [3.63, 3.8) is 0 Å². The van der Waals surface area contributed by atoms with Crippen LogP contribution in [0.5, 0.6) is 0 Å². The van der Waals surface area contributed by atoms with Crippen LogP contribution in [0.2, 0.25) is 0 Å². The van der Waals surface area contributed by atoms with Crippen LogP contribution in [0.1, 0.15) is 2.85 Å². The zero-order chi connectivity index (χ0) is 2.00. The molecule has 0 saturated carbocycles. The molecule has 0 unspecified atom stereocenters. The molecule has 0 bridgehead atoms. The number of aliphatic hydroxyl groups excluding tert-OH is 1. The molecule has 0 aromatic heterocycles. The molecule has 0 aliphatic heterocycles. The van der Waals surface area contributed by atoms with Gasteiger partial charge in [-0.1, -0.05) is 0 Å². The van der Waals surface area contributed by atoms with Crippen molar-refractivity contribution in [2.24, 2.45) is 0 Å². The summed E-state index contributed by atoms with van der Waals surface area (Å²) < 4.78 is 0. The summed E-state index contributed by atoms with van der Waals surface area (Å²) in [4.78, 5) is 0. The van der Waals surface area contributed by atoms with Gasteiger partial charge in [-0.2, -0.15) is 0 Å². The van der Waals surface area contributed by atoms with Crippen molar-refractivity contribution in [3.05, 3.63) is 0 Å². The second-order valence-corrected chi connectivity index (χ2v) is 0. The van der Waals surface area contributed by atoms with E-state index < -0.39 is 0 Å². The van der Waals surface area contributed by atoms with Crippen LogP contribution in [-0.2, 0) is 0 Å². The molecule has 0 amide bonds. The molecule has 1 nitrogen and oxygen atoms in total. The molecule has 0 heterocycles. The molecule has 1 N–H and O–H groups in total. The average Bonchev–Trinajstić information content (AvgIpc) is 1.00. The zero-order valence-electron chi connectivity index (χ0n) is 5.62. The minimum absolute atomic E-state index is 0. The predicted molar refractivity (Wildman–Crippen MR) is 21.9 cm³/mol. The second-order valence-electron chi connectivity index (χ2n) is 0. The van der Waals surface area contributed by atoms with Gasteiger partial charge in [-0.25, -0.2) is 0 Å². The molecular weight excluding hydrogens is 148 g/mol. The monoisotopic (exact) mass is 152 g/mol. The van der Waals surface area contributed by atoms with E-state index in [0.29, 0.717) is 0 Å². The number of halogens is 2. The molecule has 0 aliphatic carbocycles. The Morgan fingerprint density at radius 2 is 1.00 bits per heavy atom. The van der Waals surface area contributed by atoms with E-state index in [-0.39, 0.29) is 73.8 Å². The Hall–Kier alpha value is 2.07. The summed E-state index contributed by atoms with van der Waals surface area (Å²) in [6.07, 6.45) is 0. The minimum Gasteiger partial charge on any atom is -1.00 e. The van der Waals surface area contributed by atoms with Gasteiger partial charge in [-0.15, -0.1) is 0 Å². The summed E-state index contributed by atoms with van der Waals surface area (Å²) >= 11 is 0. The summed E-state index contributed by atoms with van der Waals surface area (Å²) in [5.41, 5.74) is 0. The van der Waals surface area contributed by atoms with Crippen LogP contribution >= 0.6 is 0 Å². The molecule has 0 fully saturated rings. The maximum atomic E-state index is 7.00. The molecule has 0 aliphatic rings. The average molecular weight is 154 g/mol. The van der Waals surface area contributed by atoms with E-state index in [1.165, 1.54) is 0 Å². The molecule has 0 saturated heterocycles. The SMILES string of the molecule is CO.[Cl-].[Cl-].[H-].[H-].[Mg+2].[Mg+2]. The van der Waals surface area contributed by atoms with Gasteiger partial charge in [0.25, 0.3) is 0 Å². The van der Waals surface area contributed by atoms with Gasteiger partial charge in [-0.3, -0.25) is 0 Å². The number of hydrogen-bond acceptors (Lipinski definition) is 1. The Bertz CT molecular complexity index is 18.0. The third-order valence-electron chi connectivity index (χ3n) is 0. The van der Waals surface area contributed by atoms with Gasteiger partial charge in [0.15, 0.2) is 0 Å². The Labute approximate surface area is 85.3 Å². The normalized spacial score (nSPS) is 1.00. The zero-order valence-corrected chi connectivity index (χ0v) is 7.96. The Kier molecular flexibility index (Phi) is 433. The van der Waals surface area contributed by atoms with E-state index in [2.05, 4.69) is 0 Å². The molecule has 34 valence electrons. The largest absolute Gasteiger partial charge is 2.00 e. The first-order valence-electron chi connectivity index (χ1n) is 0.447. The van der Waals surface area contributed by atoms with Crippen LogP contribution in [0.15, 0.2) is 0 Å². The first-order chi connectivity index (χ1) is 1.00. The minimum atomic E-state index is 0. The number of aliphatic hydroxyl groups is 1. The Balaban J connectivity index is -0.000000000333. The van der Waals surface area contributed by atoms with E-state index in [1.54, 1.807) is 0 Å². The first kappa shape index (κ1) is 42.8. The Morgan fingerprint density at radius 1 is 1.00 bits per heavy atom. The molecule has 0 atom stereocenters. The summed E-state index contributed by atoms with van der Waals surface area (Å²) in [7, 11) is 1.00. The van der Waals surface area contributed by atoms with Crippen LogP contribution in [0.3, 0.4) is 0 Å². The van der Waals surface area contributed by atoms with Crippen molar-refractivity contribution in [1.29, 1.82) is 0 Å². The van der Waals surface area contributed by atoms with Gasteiger partial charge in [0.2, 0.25) is 0 Å². The molecule has 0 spiro atoms. The summed E-state index contributed by atoms with van der Waals surface area (Å²) in [6.45, 7) is 0. The maximum absolute atomic E-state index is 7.00. The van der Waals surface area contributed by atoms with Crippen LogP contribution < -0.4 is 24.8 Å². The van der Waals surface area contributed by atoms with Gasteiger partial charge < -0.3 is 32.8 Å². The maximum Gasteiger partial charge on any atom is 2.00 e. The van der Waals surface area contributed by atoms with Gasteiger partial charge in [-0.05, 0) is 0 Å². The number of rotatable bonds is 0. The summed E-state index contributed by atoms with van der Waals surface area (Å²) in [6, 6.07) is 0. The van der Waals surface area contributed by atoms with Crippen LogP contribution in [-0.4, -0.2) is 58.3 Å². The summed E-state index contributed by atoms with van der Waals surface area (Å²) in [5, 5.41) is 7.00. The molecular formula is CH6Cl2Mg2O. The fourth-order valence-corrected chi connectivity index (χ4v) is 0. The Morgan fingerprint density at radius 3 is 1.00 bits per heavy atom. The van der Waals surface area contributed by atoms with Crippen molar-refractivity contribution in [3.8, 4) is 0 Å². The van der Waals surface area contributed by atoms with E-state index in [4.69, 9.17) is 5.11 Å². The first-order valence-corrected chi connectivity index (χ1v) is 0.447. The van der Waals surface area contributed by atoms with E-state index in [0.717, 1.165) is 7.11 Å². The molecule has 0 rings (SSSR count). The standard InChI is InChI=1S/CH4O.2ClH.2Mg.2H/c1-2;;;;;;/h2H,1H3;2*1H;;;;/q;;;2*+2;2*-1/p-2. The molecule has 6 heavy (non-hydrogen) atoms. The topological polar surface area (TPSA) is 20.2 Å². The van der Waals surface area contributed by atoms with Crippen molar-refractivity contribution in [2.75, 3.05) is 7.11 Å².